The number of aryl methyl sites for hydroxylation is 1. The molecule has 2 aromatic rings. The molecule has 9 heteroatoms. The van der Waals surface area contributed by atoms with Crippen molar-refractivity contribution < 1.29 is 19.5 Å². The van der Waals surface area contributed by atoms with Gasteiger partial charge in [0.25, 0.3) is 5.56 Å². The van der Waals surface area contributed by atoms with Crippen LogP contribution in [-0.4, -0.2) is 31.7 Å². The summed E-state index contributed by atoms with van der Waals surface area (Å²) < 4.78 is 5.07. The first-order valence-corrected chi connectivity index (χ1v) is 9.12. The molecule has 0 aromatic carbocycles. The van der Waals surface area contributed by atoms with Gasteiger partial charge in [-0.3, -0.25) is 9.78 Å². The Kier molecular flexibility index (Phi) is 5.71. The summed E-state index contributed by atoms with van der Waals surface area (Å²) in [6, 6.07) is 1.15. The molecule has 0 atom stereocenters. The molecule has 0 bridgehead atoms. The number of aliphatic hydroxyl groups is 2. The van der Waals surface area contributed by atoms with Gasteiger partial charge < -0.3 is 19.5 Å². The topological polar surface area (TPSA) is 138 Å². The second-order valence-corrected chi connectivity index (χ2v) is 6.83. The molecule has 3 rings (SSSR count). The summed E-state index contributed by atoms with van der Waals surface area (Å²) in [5, 5.41) is 23.2. The Morgan fingerprint density at radius 2 is 2.04 bits per heavy atom. The molecule has 1 aliphatic rings. The van der Waals surface area contributed by atoms with Crippen LogP contribution in [0, 0.1) is 0 Å². The molecule has 9 nitrogen and oxygen atoms in total. The van der Waals surface area contributed by atoms with Crippen molar-refractivity contribution in [2.75, 3.05) is 0 Å². The molecule has 1 fully saturated rings. The van der Waals surface area contributed by atoms with Gasteiger partial charge in [-0.15, -0.1) is 0 Å². The lowest BCUT2D eigenvalue weighted by atomic mass is 9.93. The van der Waals surface area contributed by atoms with Crippen LogP contribution in [0.15, 0.2) is 25.2 Å². The second kappa shape index (κ2) is 8.01. The predicted molar refractivity (Wildman–Crippen MR) is 97.8 cm³/mol. The molecule has 27 heavy (non-hydrogen) atoms. The van der Waals surface area contributed by atoms with E-state index in [1.54, 1.807) is 0 Å². The highest BCUT2D eigenvalue weighted by molar-refractivity contribution is 5.84. The van der Waals surface area contributed by atoms with Crippen LogP contribution in [0.5, 0.6) is 6.01 Å². The fraction of sp³-hybridized carbons (Fsp3) is 0.556. The highest BCUT2D eigenvalue weighted by atomic mass is 16.6. The fourth-order valence-electron chi connectivity index (χ4n) is 3.07. The number of aromatic amines is 1. The fourth-order valence-corrected chi connectivity index (χ4v) is 3.07. The van der Waals surface area contributed by atoms with Gasteiger partial charge in [0.15, 0.2) is 5.79 Å². The zero-order valence-corrected chi connectivity index (χ0v) is 15.2. The van der Waals surface area contributed by atoms with Gasteiger partial charge >= 0.3 is 11.6 Å². The van der Waals surface area contributed by atoms with Gasteiger partial charge in [0, 0.05) is 18.9 Å². The quantitative estimate of drug-likeness (QED) is 0.395. The van der Waals surface area contributed by atoms with Crippen molar-refractivity contribution in [3.63, 3.8) is 0 Å². The molecular formula is C18H23N3O6. The van der Waals surface area contributed by atoms with E-state index in [9.17, 15) is 19.8 Å². The van der Waals surface area contributed by atoms with Crippen LogP contribution < -0.4 is 16.0 Å². The second-order valence-electron chi connectivity index (χ2n) is 6.83. The zero-order chi connectivity index (χ0) is 19.4. The first kappa shape index (κ1) is 19.2. The lowest BCUT2D eigenvalue weighted by molar-refractivity contribution is -0.171. The van der Waals surface area contributed by atoms with E-state index in [0.29, 0.717) is 30.5 Å². The highest BCUT2D eigenvalue weighted by Gasteiger charge is 2.28. The molecule has 2 aromatic heterocycles. The van der Waals surface area contributed by atoms with E-state index in [4.69, 9.17) is 9.25 Å². The molecule has 0 aliphatic heterocycles. The van der Waals surface area contributed by atoms with Crippen LogP contribution in [-0.2, 0) is 6.42 Å². The van der Waals surface area contributed by atoms with Gasteiger partial charge in [0.2, 0.25) is 5.71 Å². The Morgan fingerprint density at radius 1 is 1.30 bits per heavy atom. The summed E-state index contributed by atoms with van der Waals surface area (Å²) in [5.74, 6) is -1.67. The third-order valence-corrected chi connectivity index (χ3v) is 4.61. The number of unbranched alkanes of at least 4 members (excludes halogenated alkanes) is 2. The van der Waals surface area contributed by atoms with Crippen molar-refractivity contribution in [2.45, 2.75) is 64.1 Å². The Bertz CT molecular complexity index is 948. The third-order valence-electron chi connectivity index (χ3n) is 4.61. The Labute approximate surface area is 154 Å². The summed E-state index contributed by atoms with van der Waals surface area (Å²) in [5.41, 5.74) is 0.126. The number of hydrogen-bond acceptors (Lipinski definition) is 8. The lowest BCUT2D eigenvalue weighted by Crippen LogP contribution is -2.33. The van der Waals surface area contributed by atoms with Crippen LogP contribution in [0.25, 0.3) is 11.1 Å². The van der Waals surface area contributed by atoms with Crippen LogP contribution in [0.4, 0.5) is 0 Å². The van der Waals surface area contributed by atoms with E-state index in [2.05, 4.69) is 22.0 Å². The minimum absolute atomic E-state index is 0.0821. The predicted octanol–water partition coefficient (Wildman–Crippen LogP) is 1.60. The zero-order valence-electron chi connectivity index (χ0n) is 15.2. The van der Waals surface area contributed by atoms with Gasteiger partial charge in [0.1, 0.15) is 5.39 Å². The van der Waals surface area contributed by atoms with Crippen molar-refractivity contribution in [1.82, 2.24) is 9.97 Å². The number of aromatic nitrogens is 2. The molecule has 0 radical (unpaired) electrons. The largest absolute Gasteiger partial charge is 0.403 e. The van der Waals surface area contributed by atoms with Gasteiger partial charge in [0.05, 0.1) is 5.71 Å². The molecule has 0 saturated heterocycles. The third kappa shape index (κ3) is 4.81. The molecule has 2 heterocycles. The summed E-state index contributed by atoms with van der Waals surface area (Å²) in [6.45, 7) is 2.07. The van der Waals surface area contributed by atoms with Crippen molar-refractivity contribution in [3.05, 3.63) is 32.4 Å². The summed E-state index contributed by atoms with van der Waals surface area (Å²) in [4.78, 5) is 36.0. The van der Waals surface area contributed by atoms with Crippen molar-refractivity contribution in [2.24, 2.45) is 5.16 Å². The number of hydrogen-bond donors (Lipinski definition) is 3. The summed E-state index contributed by atoms with van der Waals surface area (Å²) >= 11 is 0. The normalized spacial score (nSPS) is 16.5. The van der Waals surface area contributed by atoms with E-state index in [-0.39, 0.29) is 30.0 Å². The number of nitrogens with zero attached hydrogens (tertiary/aromatic N) is 2. The van der Waals surface area contributed by atoms with Crippen LogP contribution in [0.3, 0.4) is 0 Å². The molecule has 0 amide bonds. The van der Waals surface area contributed by atoms with Crippen molar-refractivity contribution in [1.29, 1.82) is 0 Å². The maximum absolute atomic E-state index is 12.4. The van der Waals surface area contributed by atoms with Crippen LogP contribution in [0.1, 0.15) is 57.4 Å². The summed E-state index contributed by atoms with van der Waals surface area (Å²) in [7, 11) is 0. The minimum atomic E-state index is -1.67. The standard InChI is InChI=1S/C18H23N3O6/c1-2-3-4-5-11-10-13(22)26-16-14(11)15(23)19-17(20-16)27-21-12-6-8-18(24,25)9-7-12/h10,24-25H,2-9H2,1H3,(H,19,20,23). The smallest absolute Gasteiger partial charge is 0.337 e. The van der Waals surface area contributed by atoms with Gasteiger partial charge in [-0.25, -0.2) is 4.79 Å². The van der Waals surface area contributed by atoms with E-state index in [1.165, 1.54) is 6.07 Å². The van der Waals surface area contributed by atoms with E-state index in [1.807, 2.05) is 0 Å². The van der Waals surface area contributed by atoms with Gasteiger partial charge in [-0.1, -0.05) is 24.9 Å². The van der Waals surface area contributed by atoms with Crippen LogP contribution in [0.2, 0.25) is 0 Å². The number of fused-ring (bicyclic) bond motifs is 1. The highest BCUT2D eigenvalue weighted by Crippen LogP contribution is 2.24. The average molecular weight is 377 g/mol. The maximum atomic E-state index is 12.4. The van der Waals surface area contributed by atoms with Gasteiger partial charge in [-0.05, 0) is 31.2 Å². The lowest BCUT2D eigenvalue weighted by Gasteiger charge is -2.26. The Balaban J connectivity index is 1.84. The van der Waals surface area contributed by atoms with E-state index >= 15 is 0 Å². The molecule has 1 aliphatic carbocycles. The molecule has 0 unspecified atom stereocenters. The number of oxime groups is 1. The van der Waals surface area contributed by atoms with Crippen LogP contribution >= 0.6 is 0 Å². The molecule has 146 valence electrons. The summed E-state index contributed by atoms with van der Waals surface area (Å²) in [6.07, 6.45) is 4.52. The number of rotatable bonds is 6. The van der Waals surface area contributed by atoms with E-state index in [0.717, 1.165) is 19.3 Å². The monoisotopic (exact) mass is 377 g/mol. The molecule has 0 spiro atoms. The molecule has 3 N–H and O–H groups in total. The first-order chi connectivity index (χ1) is 12.9. The van der Waals surface area contributed by atoms with Gasteiger partial charge in [-0.2, -0.15) is 4.98 Å². The number of nitrogens with one attached hydrogen (secondary N) is 1. The molecular weight excluding hydrogens is 354 g/mol. The SMILES string of the molecule is CCCCCc1cc(=O)oc2nc(ON=C3CCC(O)(O)CC3)[nH]c(=O)c12. The first-order valence-electron chi connectivity index (χ1n) is 9.12. The average Bonchev–Trinajstić information content (AvgIpc) is 2.60. The van der Waals surface area contributed by atoms with E-state index < -0.39 is 17.0 Å². The minimum Gasteiger partial charge on any atom is -0.403 e. The maximum Gasteiger partial charge on any atom is 0.337 e. The number of H-pyrrole nitrogens is 1. The molecule has 1 saturated carbocycles. The Morgan fingerprint density at radius 3 is 2.74 bits per heavy atom. The van der Waals surface area contributed by atoms with Crippen molar-refractivity contribution in [3.8, 4) is 6.01 Å². The van der Waals surface area contributed by atoms with Crippen molar-refractivity contribution >= 4 is 16.8 Å². The Hall–Kier alpha value is -2.52.